The Hall–Kier alpha value is -1.91. The predicted octanol–water partition coefficient (Wildman–Crippen LogP) is 4.42. The monoisotopic (exact) mass is 276 g/mol. The van der Waals surface area contributed by atoms with Gasteiger partial charge in [0, 0.05) is 0 Å². The second-order valence-corrected chi connectivity index (χ2v) is 6.89. The van der Waals surface area contributed by atoms with E-state index in [-0.39, 0.29) is 7.92 Å². The van der Waals surface area contributed by atoms with Crippen LogP contribution in [-0.4, -0.2) is 6.66 Å². The summed E-state index contributed by atoms with van der Waals surface area (Å²) in [5.41, 5.74) is 2.65. The van der Waals surface area contributed by atoms with Crippen LogP contribution in [0.3, 0.4) is 0 Å². The Balaban J connectivity index is 2.07. The molecule has 0 nitrogen and oxygen atoms in total. The molecule has 0 amide bonds. The predicted molar refractivity (Wildman–Crippen MR) is 90.4 cm³/mol. The van der Waals surface area contributed by atoms with Gasteiger partial charge in [0.1, 0.15) is 0 Å². The Kier molecular flexibility index (Phi) is 3.95. The molecule has 3 rings (SSSR count). The quantitative estimate of drug-likeness (QED) is 0.621. The molecule has 0 heterocycles. The molecule has 0 fully saturated rings. The molecule has 0 saturated carbocycles. The summed E-state index contributed by atoms with van der Waals surface area (Å²) in [6, 6.07) is 30.2. The lowest BCUT2D eigenvalue weighted by atomic mass is 10.1. The van der Waals surface area contributed by atoms with Gasteiger partial charge in [0.2, 0.25) is 0 Å². The molecular weight excluding hydrogens is 259 g/mol. The van der Waals surface area contributed by atoms with Gasteiger partial charge in [0.05, 0.1) is 0 Å². The molecule has 0 spiro atoms. The molecule has 3 aromatic rings. The summed E-state index contributed by atoms with van der Waals surface area (Å²) >= 11 is 0. The van der Waals surface area contributed by atoms with Crippen LogP contribution in [-0.2, 0) is 0 Å². The van der Waals surface area contributed by atoms with Crippen LogP contribution in [0.4, 0.5) is 0 Å². The highest BCUT2D eigenvalue weighted by Crippen LogP contribution is 2.33. The highest BCUT2D eigenvalue weighted by atomic mass is 31.1. The van der Waals surface area contributed by atoms with Crippen molar-refractivity contribution in [2.75, 3.05) is 6.66 Å². The molecular formula is C19H17P. The maximum atomic E-state index is 2.34. The minimum absolute atomic E-state index is 0.315. The molecule has 0 saturated heterocycles. The largest absolute Gasteiger partial charge is 0.0622 e. The first-order valence-corrected chi connectivity index (χ1v) is 8.58. The van der Waals surface area contributed by atoms with Crippen molar-refractivity contribution >= 4 is 18.5 Å². The Morgan fingerprint density at radius 1 is 0.600 bits per heavy atom. The van der Waals surface area contributed by atoms with Gasteiger partial charge in [-0.15, -0.1) is 0 Å². The first-order chi connectivity index (χ1) is 9.86. The van der Waals surface area contributed by atoms with Crippen LogP contribution in [0.1, 0.15) is 0 Å². The lowest BCUT2D eigenvalue weighted by Crippen LogP contribution is -2.12. The zero-order valence-electron chi connectivity index (χ0n) is 11.5. The summed E-state index contributed by atoms with van der Waals surface area (Å²) < 4.78 is 0. The zero-order chi connectivity index (χ0) is 13.8. The molecule has 0 aliphatic rings. The van der Waals surface area contributed by atoms with E-state index < -0.39 is 0 Å². The van der Waals surface area contributed by atoms with Crippen molar-refractivity contribution < 1.29 is 0 Å². The van der Waals surface area contributed by atoms with Gasteiger partial charge in [-0.05, 0) is 36.3 Å². The lowest BCUT2D eigenvalue weighted by Gasteiger charge is -2.17. The van der Waals surface area contributed by atoms with Crippen LogP contribution >= 0.6 is 7.92 Å². The molecule has 0 aromatic heterocycles. The highest BCUT2D eigenvalue weighted by Gasteiger charge is 2.12. The molecule has 1 atom stereocenters. The van der Waals surface area contributed by atoms with Gasteiger partial charge in [0.25, 0.3) is 0 Å². The van der Waals surface area contributed by atoms with Gasteiger partial charge in [-0.3, -0.25) is 0 Å². The Labute approximate surface area is 121 Å². The van der Waals surface area contributed by atoms with Crippen LogP contribution < -0.4 is 10.6 Å². The van der Waals surface area contributed by atoms with Gasteiger partial charge in [-0.2, -0.15) is 0 Å². The first-order valence-electron chi connectivity index (χ1n) is 6.79. The molecule has 0 aliphatic heterocycles. The van der Waals surface area contributed by atoms with E-state index in [4.69, 9.17) is 0 Å². The number of hydrogen-bond acceptors (Lipinski definition) is 0. The summed E-state index contributed by atoms with van der Waals surface area (Å²) in [5, 5.41) is 2.87. The van der Waals surface area contributed by atoms with Crippen LogP contribution in [0.5, 0.6) is 0 Å². The Morgan fingerprint density at radius 2 is 1.15 bits per heavy atom. The van der Waals surface area contributed by atoms with Crippen LogP contribution in [0, 0.1) is 0 Å². The average molecular weight is 276 g/mol. The van der Waals surface area contributed by atoms with Gasteiger partial charge in [-0.1, -0.05) is 84.9 Å². The molecule has 0 unspecified atom stereocenters. The first kappa shape index (κ1) is 13.1. The lowest BCUT2D eigenvalue weighted by molar-refractivity contribution is 1.65. The fourth-order valence-electron chi connectivity index (χ4n) is 2.42. The van der Waals surface area contributed by atoms with Crippen LogP contribution in [0.25, 0.3) is 11.1 Å². The smallest absolute Gasteiger partial charge is 0.0104 e. The highest BCUT2D eigenvalue weighted by molar-refractivity contribution is 7.72. The van der Waals surface area contributed by atoms with E-state index in [1.807, 2.05) is 0 Å². The number of rotatable bonds is 3. The third kappa shape index (κ3) is 2.66. The van der Waals surface area contributed by atoms with E-state index >= 15 is 0 Å². The van der Waals surface area contributed by atoms with E-state index in [9.17, 15) is 0 Å². The second kappa shape index (κ2) is 6.03. The Bertz CT molecular complexity index is 674. The van der Waals surface area contributed by atoms with Crippen molar-refractivity contribution in [2.45, 2.75) is 0 Å². The Morgan fingerprint density at radius 3 is 1.85 bits per heavy atom. The van der Waals surface area contributed by atoms with Crippen molar-refractivity contribution in [2.24, 2.45) is 0 Å². The zero-order valence-corrected chi connectivity index (χ0v) is 12.4. The van der Waals surface area contributed by atoms with E-state index in [2.05, 4.69) is 91.6 Å². The molecule has 0 bridgehead atoms. The van der Waals surface area contributed by atoms with Gasteiger partial charge < -0.3 is 0 Å². The maximum absolute atomic E-state index is 2.34. The molecule has 0 radical (unpaired) electrons. The fraction of sp³-hybridized carbons (Fsp3) is 0.0526. The molecule has 20 heavy (non-hydrogen) atoms. The summed E-state index contributed by atoms with van der Waals surface area (Å²) in [5.74, 6) is 0. The minimum atomic E-state index is -0.315. The summed E-state index contributed by atoms with van der Waals surface area (Å²) in [6.07, 6.45) is 0. The topological polar surface area (TPSA) is 0 Å². The summed E-state index contributed by atoms with van der Waals surface area (Å²) in [7, 11) is -0.315. The molecule has 0 N–H and O–H groups in total. The normalized spacial score (nSPS) is 12.1. The van der Waals surface area contributed by atoms with Crippen LogP contribution in [0.15, 0.2) is 84.9 Å². The third-order valence-corrected chi connectivity index (χ3v) is 5.68. The third-order valence-electron chi connectivity index (χ3n) is 3.49. The fourth-order valence-corrected chi connectivity index (χ4v) is 4.19. The van der Waals surface area contributed by atoms with Gasteiger partial charge >= 0.3 is 0 Å². The number of hydrogen-bond donors (Lipinski definition) is 0. The molecule has 1 heteroatoms. The summed E-state index contributed by atoms with van der Waals surface area (Å²) in [4.78, 5) is 0. The van der Waals surface area contributed by atoms with Gasteiger partial charge in [-0.25, -0.2) is 0 Å². The molecule has 3 aromatic carbocycles. The van der Waals surface area contributed by atoms with E-state index in [0.29, 0.717) is 0 Å². The van der Waals surface area contributed by atoms with Crippen molar-refractivity contribution in [3.8, 4) is 11.1 Å². The van der Waals surface area contributed by atoms with Crippen LogP contribution in [0.2, 0.25) is 0 Å². The van der Waals surface area contributed by atoms with E-state index in [1.54, 1.807) is 0 Å². The van der Waals surface area contributed by atoms with Gasteiger partial charge in [0.15, 0.2) is 0 Å². The van der Waals surface area contributed by atoms with Crippen molar-refractivity contribution in [3.63, 3.8) is 0 Å². The maximum Gasteiger partial charge on any atom is -0.0104 e. The van der Waals surface area contributed by atoms with E-state index in [0.717, 1.165) is 0 Å². The minimum Gasteiger partial charge on any atom is -0.0622 e. The van der Waals surface area contributed by atoms with E-state index in [1.165, 1.54) is 21.7 Å². The second-order valence-electron chi connectivity index (χ2n) is 4.78. The SMILES string of the molecule is C[P@@](c1ccccc1)c1ccccc1-c1ccccc1. The average Bonchev–Trinajstić information content (AvgIpc) is 2.56. The molecule has 0 aliphatic carbocycles. The van der Waals surface area contributed by atoms with Crippen molar-refractivity contribution in [1.29, 1.82) is 0 Å². The standard InChI is InChI=1S/C19H17P/c1-20(17-12-6-3-7-13-17)19-15-9-8-14-18(19)16-10-4-2-5-11-16/h2-15H,1H3/t20-/m0/s1. The van der Waals surface area contributed by atoms with Crippen molar-refractivity contribution in [1.82, 2.24) is 0 Å². The van der Waals surface area contributed by atoms with Crippen molar-refractivity contribution in [3.05, 3.63) is 84.9 Å². The summed E-state index contributed by atoms with van der Waals surface area (Å²) in [6.45, 7) is 2.34. The number of benzene rings is 3. The molecule has 98 valence electrons.